The lowest BCUT2D eigenvalue weighted by atomic mass is 9.95. The molecule has 0 spiro atoms. The normalized spacial score (nSPS) is 18.3. The molecular formula is C18H16ClF3N2O5S2. The zero-order valence-corrected chi connectivity index (χ0v) is 18.5. The average molecular weight is 497 g/mol. The minimum atomic E-state index is -4.86. The molecule has 0 aromatic heterocycles. The van der Waals surface area contributed by atoms with E-state index in [4.69, 9.17) is 11.6 Å². The fourth-order valence-corrected chi connectivity index (χ4v) is 6.42. The molecule has 1 aliphatic rings. The highest BCUT2D eigenvalue weighted by molar-refractivity contribution is 7.94. The van der Waals surface area contributed by atoms with Crippen molar-refractivity contribution in [2.75, 3.05) is 14.8 Å². The predicted molar refractivity (Wildman–Crippen MR) is 109 cm³/mol. The van der Waals surface area contributed by atoms with Gasteiger partial charge in [-0.25, -0.2) is 21.1 Å². The molecule has 168 valence electrons. The highest BCUT2D eigenvalue weighted by Gasteiger charge is 2.49. The Morgan fingerprint density at radius 1 is 1.10 bits per heavy atom. The maximum Gasteiger partial charge on any atom is 0.418 e. The molecule has 0 atom stereocenters. The Kier molecular flexibility index (Phi) is 5.56. The summed E-state index contributed by atoms with van der Waals surface area (Å²) >= 11 is 5.59. The number of rotatable bonds is 4. The van der Waals surface area contributed by atoms with Crippen LogP contribution in [-0.4, -0.2) is 28.5 Å². The number of sulfonamides is 2. The fourth-order valence-electron chi connectivity index (χ4n) is 3.07. The van der Waals surface area contributed by atoms with Crippen LogP contribution >= 0.6 is 11.6 Å². The van der Waals surface area contributed by atoms with Gasteiger partial charge in [-0.15, -0.1) is 0 Å². The number of benzene rings is 2. The second-order valence-electron chi connectivity index (χ2n) is 7.50. The molecule has 31 heavy (non-hydrogen) atoms. The van der Waals surface area contributed by atoms with E-state index in [9.17, 15) is 34.8 Å². The van der Waals surface area contributed by atoms with Gasteiger partial charge in [-0.1, -0.05) is 11.6 Å². The number of nitrogens with one attached hydrogen (secondary N) is 1. The van der Waals surface area contributed by atoms with E-state index in [1.807, 2.05) is 4.72 Å². The van der Waals surface area contributed by atoms with E-state index in [-0.39, 0.29) is 10.7 Å². The first-order valence-electron chi connectivity index (χ1n) is 8.62. The molecule has 0 radical (unpaired) electrons. The van der Waals surface area contributed by atoms with Gasteiger partial charge in [0, 0.05) is 5.02 Å². The highest BCUT2D eigenvalue weighted by atomic mass is 35.5. The topological polar surface area (TPSA) is 101 Å². The van der Waals surface area contributed by atoms with E-state index in [1.54, 1.807) is 0 Å². The Hall–Kier alpha value is -2.31. The second-order valence-corrected chi connectivity index (χ2v) is 11.4. The van der Waals surface area contributed by atoms with E-state index >= 15 is 0 Å². The maximum atomic E-state index is 13.2. The lowest BCUT2D eigenvalue weighted by molar-refractivity contribution is -0.136. The summed E-state index contributed by atoms with van der Waals surface area (Å²) in [4.78, 5) is 12.0. The Morgan fingerprint density at radius 2 is 1.68 bits per heavy atom. The molecule has 13 heteroatoms. The molecule has 0 aliphatic carbocycles. The van der Waals surface area contributed by atoms with Crippen molar-refractivity contribution in [1.29, 1.82) is 0 Å². The van der Waals surface area contributed by atoms with Crippen molar-refractivity contribution >= 4 is 48.9 Å². The van der Waals surface area contributed by atoms with Gasteiger partial charge in [-0.3, -0.25) is 9.52 Å². The SMILES string of the molecule is CC1(C)CS(=O)(=O)N(c2ccc(S(=O)(=O)Nc3ccc(Cl)cc3C(F)(F)F)cc2)C1=O. The first-order valence-corrected chi connectivity index (χ1v) is 12.1. The van der Waals surface area contributed by atoms with Gasteiger partial charge in [-0.05, 0) is 56.3 Å². The number of alkyl halides is 3. The van der Waals surface area contributed by atoms with Crippen molar-refractivity contribution in [1.82, 2.24) is 0 Å². The predicted octanol–water partition coefficient (Wildman–Crippen LogP) is 3.86. The number of anilines is 2. The van der Waals surface area contributed by atoms with Gasteiger partial charge >= 0.3 is 6.18 Å². The molecule has 2 aromatic rings. The number of carbonyl (C=O) groups excluding carboxylic acids is 1. The van der Waals surface area contributed by atoms with Crippen molar-refractivity contribution < 1.29 is 34.8 Å². The maximum absolute atomic E-state index is 13.2. The molecule has 2 aromatic carbocycles. The van der Waals surface area contributed by atoms with Crippen LogP contribution in [0.2, 0.25) is 5.02 Å². The molecule has 0 saturated carbocycles. The van der Waals surface area contributed by atoms with Gasteiger partial charge in [0.15, 0.2) is 0 Å². The first-order chi connectivity index (χ1) is 14.0. The smallest absolute Gasteiger partial charge is 0.279 e. The number of halogens is 4. The summed E-state index contributed by atoms with van der Waals surface area (Å²) in [5.41, 5.74) is -3.21. The Labute approximate surface area is 181 Å². The third-order valence-electron chi connectivity index (χ3n) is 4.50. The van der Waals surface area contributed by atoms with Crippen molar-refractivity contribution in [2.24, 2.45) is 5.41 Å². The standard InChI is InChI=1S/C18H16ClF3N2O5S2/c1-17(2)10-30(26,27)24(16(17)25)12-4-6-13(7-5-12)31(28,29)23-15-8-3-11(19)9-14(15)18(20,21)22/h3-9,23H,10H2,1-2H3. The molecule has 1 saturated heterocycles. The summed E-state index contributed by atoms with van der Waals surface area (Å²) in [6, 6.07) is 6.76. The van der Waals surface area contributed by atoms with Crippen LogP contribution < -0.4 is 9.03 Å². The lowest BCUT2D eigenvalue weighted by Gasteiger charge is -2.18. The van der Waals surface area contributed by atoms with E-state index in [0.29, 0.717) is 10.4 Å². The quantitative estimate of drug-likeness (QED) is 0.692. The second kappa shape index (κ2) is 7.38. The van der Waals surface area contributed by atoms with Crippen LogP contribution in [0.25, 0.3) is 0 Å². The summed E-state index contributed by atoms with van der Waals surface area (Å²) in [7, 11) is -8.40. The largest absolute Gasteiger partial charge is 0.418 e. The van der Waals surface area contributed by atoms with Gasteiger partial charge < -0.3 is 0 Å². The molecule has 7 nitrogen and oxygen atoms in total. The first kappa shape index (κ1) is 23.4. The van der Waals surface area contributed by atoms with Crippen LogP contribution in [-0.2, 0) is 31.0 Å². The summed E-state index contributed by atoms with van der Waals surface area (Å²) in [5.74, 6) is -1.07. The molecule has 3 rings (SSSR count). The third-order valence-corrected chi connectivity index (χ3v) is 8.13. The summed E-state index contributed by atoms with van der Waals surface area (Å²) < 4.78 is 91.9. The zero-order valence-electron chi connectivity index (χ0n) is 16.1. The highest BCUT2D eigenvalue weighted by Crippen LogP contribution is 2.38. The summed E-state index contributed by atoms with van der Waals surface area (Å²) in [6.45, 7) is 2.94. The summed E-state index contributed by atoms with van der Waals surface area (Å²) in [6.07, 6.45) is -4.86. The van der Waals surface area contributed by atoms with Gasteiger partial charge in [0.05, 0.1) is 33.0 Å². The minimum absolute atomic E-state index is 0.0722. The van der Waals surface area contributed by atoms with Crippen molar-refractivity contribution in [3.8, 4) is 0 Å². The van der Waals surface area contributed by atoms with Crippen LogP contribution in [0.4, 0.5) is 24.5 Å². The van der Waals surface area contributed by atoms with Crippen LogP contribution in [0.5, 0.6) is 0 Å². The number of amides is 1. The van der Waals surface area contributed by atoms with Crippen molar-refractivity contribution in [3.63, 3.8) is 0 Å². The van der Waals surface area contributed by atoms with Crippen molar-refractivity contribution in [2.45, 2.75) is 24.9 Å². The number of nitrogens with zero attached hydrogens (tertiary/aromatic N) is 1. The number of carbonyl (C=O) groups is 1. The molecule has 1 aliphatic heterocycles. The van der Waals surface area contributed by atoms with E-state index < -0.39 is 59.4 Å². The Morgan fingerprint density at radius 3 is 2.16 bits per heavy atom. The Balaban J connectivity index is 1.94. The summed E-state index contributed by atoms with van der Waals surface area (Å²) in [5, 5.41) is -0.223. The number of hydrogen-bond acceptors (Lipinski definition) is 5. The molecule has 1 amide bonds. The number of hydrogen-bond donors (Lipinski definition) is 1. The van der Waals surface area contributed by atoms with Crippen LogP contribution in [0.1, 0.15) is 19.4 Å². The molecule has 1 N–H and O–H groups in total. The zero-order chi connectivity index (χ0) is 23.4. The molecule has 0 unspecified atom stereocenters. The molecular weight excluding hydrogens is 481 g/mol. The van der Waals surface area contributed by atoms with Gasteiger partial charge in [-0.2, -0.15) is 13.2 Å². The van der Waals surface area contributed by atoms with Crippen LogP contribution in [0.3, 0.4) is 0 Å². The lowest BCUT2D eigenvalue weighted by Crippen LogP contribution is -2.32. The van der Waals surface area contributed by atoms with Gasteiger partial charge in [0.2, 0.25) is 15.9 Å². The fraction of sp³-hybridized carbons (Fsp3) is 0.278. The molecule has 1 heterocycles. The van der Waals surface area contributed by atoms with E-state index in [0.717, 1.165) is 36.4 Å². The van der Waals surface area contributed by atoms with Crippen LogP contribution in [0, 0.1) is 5.41 Å². The third kappa shape index (κ3) is 4.51. The Bertz CT molecular complexity index is 1260. The van der Waals surface area contributed by atoms with Crippen molar-refractivity contribution in [3.05, 3.63) is 53.1 Å². The minimum Gasteiger partial charge on any atom is -0.279 e. The van der Waals surface area contributed by atoms with Gasteiger partial charge in [0.25, 0.3) is 10.0 Å². The average Bonchev–Trinajstić information content (AvgIpc) is 2.78. The van der Waals surface area contributed by atoms with E-state index in [1.165, 1.54) is 13.8 Å². The van der Waals surface area contributed by atoms with Crippen LogP contribution in [0.15, 0.2) is 47.4 Å². The molecule has 1 fully saturated rings. The van der Waals surface area contributed by atoms with E-state index in [2.05, 4.69) is 0 Å². The monoisotopic (exact) mass is 496 g/mol. The molecule has 0 bridgehead atoms. The van der Waals surface area contributed by atoms with Gasteiger partial charge in [0.1, 0.15) is 0 Å².